The first kappa shape index (κ1) is 32.4. The highest BCUT2D eigenvalue weighted by atomic mass is 32.2. The Morgan fingerprint density at radius 2 is 1.71 bits per heavy atom. The van der Waals surface area contributed by atoms with Crippen LogP contribution in [0.2, 0.25) is 0 Å². The highest BCUT2D eigenvalue weighted by molar-refractivity contribution is 7.98. The summed E-state index contributed by atoms with van der Waals surface area (Å²) in [5.74, 6) is -1.06. The van der Waals surface area contributed by atoms with Crippen molar-refractivity contribution in [3.63, 3.8) is 0 Å². The van der Waals surface area contributed by atoms with E-state index in [1.807, 2.05) is 60.9 Å². The molecule has 48 heavy (non-hydrogen) atoms. The number of esters is 2. The van der Waals surface area contributed by atoms with Crippen LogP contribution in [0.25, 0.3) is 11.8 Å². The van der Waals surface area contributed by atoms with Crippen LogP contribution < -0.4 is 19.6 Å². The molecule has 1 aromatic heterocycles. The maximum atomic E-state index is 14.1. The van der Waals surface area contributed by atoms with Gasteiger partial charge in [0.05, 0.1) is 38.9 Å². The lowest BCUT2D eigenvalue weighted by molar-refractivity contribution is -0.384. The Hall–Kier alpha value is -5.59. The quantitative estimate of drug-likeness (QED) is 0.0631. The van der Waals surface area contributed by atoms with Gasteiger partial charge in [0, 0.05) is 22.6 Å². The van der Waals surface area contributed by atoms with E-state index < -0.39 is 22.9 Å². The highest BCUT2D eigenvalue weighted by Gasteiger charge is 2.35. The van der Waals surface area contributed by atoms with Crippen LogP contribution in [0.4, 0.5) is 5.69 Å². The van der Waals surface area contributed by atoms with Crippen molar-refractivity contribution in [2.24, 2.45) is 4.99 Å². The molecule has 0 aliphatic carbocycles. The third-order valence-electron chi connectivity index (χ3n) is 7.49. The van der Waals surface area contributed by atoms with Gasteiger partial charge in [-0.3, -0.25) is 19.5 Å². The standard InChI is InChI=1S/C36H27N3O7S2/c1-3-45-35(42)30-31(23-8-5-4-6-9-23)37-36-38(32(30)24-14-18-28(47-2)19-15-24)33(40)29(48-36)20-22-12-16-27(17-13-22)46-34(41)25-10-7-11-26(21-25)39(43)44/h4-21,32H,3H2,1-2H3/b29-20-/t32-/m0/s1. The number of benzene rings is 4. The van der Waals surface area contributed by atoms with Crippen LogP contribution in [0.5, 0.6) is 5.75 Å². The number of nitro groups is 1. The lowest BCUT2D eigenvalue weighted by Crippen LogP contribution is -2.40. The van der Waals surface area contributed by atoms with Crippen molar-refractivity contribution in [3.8, 4) is 5.75 Å². The molecule has 10 nitrogen and oxygen atoms in total. The third kappa shape index (κ3) is 6.61. The van der Waals surface area contributed by atoms with E-state index in [0.29, 0.717) is 20.6 Å². The minimum absolute atomic E-state index is 0.0455. The Kier molecular flexibility index (Phi) is 9.46. The minimum Gasteiger partial charge on any atom is -0.463 e. The SMILES string of the molecule is CCOC(=O)C1=C(c2ccccc2)N=c2s/c(=C\c3ccc(OC(=O)c4cccc([N+](=O)[O-])c4)cc3)c(=O)n2[C@H]1c1ccc(SC)cc1. The molecule has 0 saturated carbocycles. The maximum absolute atomic E-state index is 14.1. The van der Waals surface area contributed by atoms with Gasteiger partial charge in [-0.2, -0.15) is 0 Å². The van der Waals surface area contributed by atoms with Crippen LogP contribution in [0.1, 0.15) is 40.0 Å². The summed E-state index contributed by atoms with van der Waals surface area (Å²) in [6.07, 6.45) is 3.68. The van der Waals surface area contributed by atoms with E-state index in [2.05, 4.69) is 0 Å². The first-order chi connectivity index (χ1) is 23.3. The van der Waals surface area contributed by atoms with Gasteiger partial charge in [0.2, 0.25) is 0 Å². The molecule has 5 aromatic rings. The predicted octanol–water partition coefficient (Wildman–Crippen LogP) is 5.78. The normalized spacial score (nSPS) is 14.2. The van der Waals surface area contributed by atoms with E-state index in [9.17, 15) is 24.5 Å². The average Bonchev–Trinajstić information content (AvgIpc) is 3.42. The molecule has 0 radical (unpaired) electrons. The number of thiazole rings is 1. The number of ether oxygens (including phenoxy) is 2. The second kappa shape index (κ2) is 14.0. The molecule has 0 N–H and O–H groups in total. The van der Waals surface area contributed by atoms with Gasteiger partial charge in [-0.25, -0.2) is 14.6 Å². The number of hydrogen-bond donors (Lipinski definition) is 0. The number of nitro benzene ring substituents is 1. The fourth-order valence-electron chi connectivity index (χ4n) is 5.24. The van der Waals surface area contributed by atoms with Crippen molar-refractivity contribution in [1.29, 1.82) is 0 Å². The van der Waals surface area contributed by atoms with E-state index in [0.717, 1.165) is 22.1 Å². The van der Waals surface area contributed by atoms with Crippen molar-refractivity contribution in [3.05, 3.63) is 161 Å². The molecule has 0 amide bonds. The van der Waals surface area contributed by atoms with Crippen LogP contribution in [0.3, 0.4) is 0 Å². The molecule has 0 spiro atoms. The van der Waals surface area contributed by atoms with E-state index in [1.54, 1.807) is 53.6 Å². The molecule has 1 aliphatic rings. The number of aromatic nitrogens is 1. The fourth-order valence-corrected chi connectivity index (χ4v) is 6.65. The van der Waals surface area contributed by atoms with Gasteiger partial charge < -0.3 is 9.47 Å². The molecule has 0 unspecified atom stereocenters. The molecule has 0 bridgehead atoms. The van der Waals surface area contributed by atoms with E-state index in [4.69, 9.17) is 14.5 Å². The first-order valence-electron chi connectivity index (χ1n) is 14.8. The molecule has 1 aliphatic heterocycles. The largest absolute Gasteiger partial charge is 0.463 e. The molecule has 0 saturated heterocycles. The molecule has 4 aromatic carbocycles. The summed E-state index contributed by atoms with van der Waals surface area (Å²) in [4.78, 5) is 57.2. The van der Waals surface area contributed by atoms with Gasteiger partial charge in [-0.05, 0) is 60.7 Å². The average molecular weight is 678 g/mol. The molecule has 2 heterocycles. The summed E-state index contributed by atoms with van der Waals surface area (Å²) in [6, 6.07) is 28.1. The zero-order valence-corrected chi connectivity index (χ0v) is 27.3. The molecule has 240 valence electrons. The molecule has 6 rings (SSSR count). The van der Waals surface area contributed by atoms with Gasteiger partial charge >= 0.3 is 11.9 Å². The van der Waals surface area contributed by atoms with Crippen LogP contribution in [-0.4, -0.2) is 34.3 Å². The van der Waals surface area contributed by atoms with Gasteiger partial charge in [0.25, 0.3) is 11.2 Å². The second-order valence-electron chi connectivity index (χ2n) is 10.5. The van der Waals surface area contributed by atoms with Crippen molar-refractivity contribution >= 4 is 52.5 Å². The summed E-state index contributed by atoms with van der Waals surface area (Å²) >= 11 is 2.79. The van der Waals surface area contributed by atoms with Crippen LogP contribution in [-0.2, 0) is 9.53 Å². The molecule has 0 fully saturated rings. The Morgan fingerprint density at radius 3 is 2.38 bits per heavy atom. The van der Waals surface area contributed by atoms with Crippen molar-refractivity contribution in [2.75, 3.05) is 12.9 Å². The summed E-state index contributed by atoms with van der Waals surface area (Å²) in [5, 5.41) is 11.1. The number of hydrogen-bond acceptors (Lipinski definition) is 10. The van der Waals surface area contributed by atoms with Crippen LogP contribution in [0.15, 0.2) is 123 Å². The van der Waals surface area contributed by atoms with Gasteiger partial charge in [-0.1, -0.05) is 72.0 Å². The molecule has 12 heteroatoms. The number of rotatable bonds is 9. The highest BCUT2D eigenvalue weighted by Crippen LogP contribution is 2.35. The molecular weight excluding hydrogens is 651 g/mol. The Bertz CT molecular complexity index is 2240. The fraction of sp³-hybridized carbons (Fsp3) is 0.111. The predicted molar refractivity (Wildman–Crippen MR) is 184 cm³/mol. The first-order valence-corrected chi connectivity index (χ1v) is 16.8. The van der Waals surface area contributed by atoms with Crippen LogP contribution >= 0.6 is 23.1 Å². The summed E-state index contributed by atoms with van der Waals surface area (Å²) in [7, 11) is 0. The van der Waals surface area contributed by atoms with E-state index >= 15 is 0 Å². The van der Waals surface area contributed by atoms with Gasteiger partial charge in [-0.15, -0.1) is 11.8 Å². The number of thioether (sulfide) groups is 1. The Balaban J connectivity index is 1.41. The number of carbonyl (C=O) groups excluding carboxylic acids is 2. The zero-order chi connectivity index (χ0) is 33.8. The monoisotopic (exact) mass is 677 g/mol. The number of fused-ring (bicyclic) bond motifs is 1. The number of non-ortho nitro benzene ring substituents is 1. The summed E-state index contributed by atoms with van der Waals surface area (Å²) in [5.41, 5.74) is 2.33. The molecule has 1 atom stereocenters. The Labute approximate surface area is 282 Å². The molecular formula is C36H27N3O7S2. The zero-order valence-electron chi connectivity index (χ0n) is 25.7. The topological polar surface area (TPSA) is 130 Å². The Morgan fingerprint density at radius 1 is 0.979 bits per heavy atom. The van der Waals surface area contributed by atoms with Crippen molar-refractivity contribution in [1.82, 2.24) is 4.57 Å². The van der Waals surface area contributed by atoms with Crippen LogP contribution in [0, 0.1) is 10.1 Å². The lowest BCUT2D eigenvalue weighted by atomic mass is 9.93. The number of nitrogens with zero attached hydrogens (tertiary/aromatic N) is 3. The maximum Gasteiger partial charge on any atom is 0.343 e. The van der Waals surface area contributed by atoms with Gasteiger partial charge in [0.15, 0.2) is 4.80 Å². The summed E-state index contributed by atoms with van der Waals surface area (Å²) in [6.45, 7) is 1.89. The van der Waals surface area contributed by atoms with Crippen molar-refractivity contribution < 1.29 is 24.0 Å². The van der Waals surface area contributed by atoms with Gasteiger partial charge in [0.1, 0.15) is 5.75 Å². The third-order valence-corrected chi connectivity index (χ3v) is 9.21. The van der Waals surface area contributed by atoms with E-state index in [1.165, 1.54) is 29.5 Å². The minimum atomic E-state index is -0.788. The second-order valence-corrected chi connectivity index (χ2v) is 12.4. The van der Waals surface area contributed by atoms with Crippen molar-refractivity contribution in [2.45, 2.75) is 17.9 Å². The van der Waals surface area contributed by atoms with E-state index in [-0.39, 0.29) is 34.7 Å². The summed E-state index contributed by atoms with van der Waals surface area (Å²) < 4.78 is 12.9. The smallest absolute Gasteiger partial charge is 0.343 e. The lowest BCUT2D eigenvalue weighted by Gasteiger charge is -2.26. The number of carbonyl (C=O) groups is 2.